The smallest absolute Gasteiger partial charge is 0.211 e. The van der Waals surface area contributed by atoms with Gasteiger partial charge >= 0.3 is 0 Å². The van der Waals surface area contributed by atoms with Gasteiger partial charge in [-0.1, -0.05) is 12.1 Å². The Kier molecular flexibility index (Phi) is 4.42. The predicted molar refractivity (Wildman–Crippen MR) is 82.5 cm³/mol. The number of aryl methyl sites for hydroxylation is 2. The molecule has 2 rings (SSSR count). The van der Waals surface area contributed by atoms with Crippen molar-refractivity contribution in [1.82, 2.24) is 0 Å². The van der Waals surface area contributed by atoms with E-state index in [1.807, 2.05) is 38.3 Å². The highest BCUT2D eigenvalue weighted by molar-refractivity contribution is 9.10. The molecule has 0 aliphatic carbocycles. The number of Topliss-reactive ketones (excluding diaryl/α,β-unsaturated/α-hetero) is 1. The van der Waals surface area contributed by atoms with Gasteiger partial charge < -0.3 is 4.74 Å². The molecule has 0 amide bonds. The Balaban J connectivity index is 2.14. The summed E-state index contributed by atoms with van der Waals surface area (Å²) in [6.45, 7) is 6.13. The second-order valence-electron chi connectivity index (χ2n) is 4.46. The van der Waals surface area contributed by atoms with Gasteiger partial charge in [0.05, 0.1) is 4.88 Å². The van der Waals surface area contributed by atoms with Crippen molar-refractivity contribution in [3.8, 4) is 5.75 Å². The first kappa shape index (κ1) is 14.3. The predicted octanol–water partition coefficient (Wildman–Crippen LogP) is 4.70. The molecule has 2 aromatic rings. The first-order chi connectivity index (χ1) is 9.00. The van der Waals surface area contributed by atoms with Gasteiger partial charge in [0.15, 0.2) is 6.61 Å². The monoisotopic (exact) mass is 338 g/mol. The zero-order valence-corrected chi connectivity index (χ0v) is 13.5. The van der Waals surface area contributed by atoms with Crippen molar-refractivity contribution in [1.29, 1.82) is 0 Å². The topological polar surface area (TPSA) is 26.3 Å². The van der Waals surface area contributed by atoms with Gasteiger partial charge in [0.1, 0.15) is 5.75 Å². The summed E-state index contributed by atoms with van der Waals surface area (Å²) in [5.74, 6) is 0.822. The van der Waals surface area contributed by atoms with Crippen LogP contribution >= 0.6 is 27.3 Å². The van der Waals surface area contributed by atoms with Gasteiger partial charge in [0, 0.05) is 4.47 Å². The third-order valence-corrected chi connectivity index (χ3v) is 4.97. The maximum atomic E-state index is 12.1. The van der Waals surface area contributed by atoms with Crippen LogP contribution in [0.1, 0.15) is 26.4 Å². The number of hydrogen-bond donors (Lipinski definition) is 0. The average molecular weight is 339 g/mol. The van der Waals surface area contributed by atoms with E-state index in [9.17, 15) is 4.79 Å². The van der Waals surface area contributed by atoms with E-state index >= 15 is 0 Å². The molecule has 0 atom stereocenters. The number of ether oxygens (including phenoxy) is 1. The fourth-order valence-electron chi connectivity index (χ4n) is 1.84. The largest absolute Gasteiger partial charge is 0.485 e. The number of halogens is 1. The summed E-state index contributed by atoms with van der Waals surface area (Å²) in [6.07, 6.45) is 0. The van der Waals surface area contributed by atoms with Gasteiger partial charge in [0.25, 0.3) is 0 Å². The highest BCUT2D eigenvalue weighted by atomic mass is 79.9. The van der Waals surface area contributed by atoms with Gasteiger partial charge in [-0.2, -0.15) is 0 Å². The number of carbonyl (C=O) groups is 1. The average Bonchev–Trinajstić information content (AvgIpc) is 2.80. The quantitative estimate of drug-likeness (QED) is 0.755. The molecule has 0 aliphatic heterocycles. The van der Waals surface area contributed by atoms with Crippen LogP contribution in [-0.2, 0) is 0 Å². The fraction of sp³-hybridized carbons (Fsp3) is 0.267. The summed E-state index contributed by atoms with van der Waals surface area (Å²) in [7, 11) is 0. The zero-order chi connectivity index (χ0) is 14.0. The van der Waals surface area contributed by atoms with Crippen molar-refractivity contribution >= 4 is 33.0 Å². The van der Waals surface area contributed by atoms with E-state index in [0.29, 0.717) is 4.88 Å². The summed E-state index contributed by atoms with van der Waals surface area (Å²) < 4.78 is 6.56. The van der Waals surface area contributed by atoms with E-state index in [1.54, 1.807) is 0 Å². The van der Waals surface area contributed by atoms with Crippen LogP contribution in [0.15, 0.2) is 28.1 Å². The number of benzene rings is 1. The number of thiophene rings is 1. The normalized spacial score (nSPS) is 10.5. The van der Waals surface area contributed by atoms with Crippen molar-refractivity contribution < 1.29 is 9.53 Å². The molecule has 100 valence electrons. The van der Waals surface area contributed by atoms with E-state index in [2.05, 4.69) is 22.0 Å². The molecule has 19 heavy (non-hydrogen) atoms. The maximum Gasteiger partial charge on any atom is 0.211 e. The highest BCUT2D eigenvalue weighted by Crippen LogP contribution is 2.27. The van der Waals surface area contributed by atoms with Crippen molar-refractivity contribution in [2.24, 2.45) is 0 Å². The lowest BCUT2D eigenvalue weighted by molar-refractivity contribution is 0.0924. The SMILES string of the molecule is Cc1ccc(C)c(OCC(=O)c2sccc2Br)c1C. The second-order valence-corrected chi connectivity index (χ2v) is 6.23. The molecule has 0 saturated carbocycles. The molecular weight excluding hydrogens is 324 g/mol. The minimum atomic E-state index is 0.00202. The minimum Gasteiger partial charge on any atom is -0.485 e. The van der Waals surface area contributed by atoms with Gasteiger partial charge in [-0.05, 0) is 64.8 Å². The van der Waals surface area contributed by atoms with Crippen LogP contribution in [-0.4, -0.2) is 12.4 Å². The molecule has 0 N–H and O–H groups in total. The Labute approximate surface area is 125 Å². The minimum absolute atomic E-state index is 0.00202. The first-order valence-corrected chi connectivity index (χ1v) is 7.63. The van der Waals surface area contributed by atoms with Crippen molar-refractivity contribution in [2.75, 3.05) is 6.61 Å². The number of ketones is 1. The molecule has 4 heteroatoms. The molecule has 0 aliphatic rings. The molecule has 0 saturated heterocycles. The summed E-state index contributed by atoms with van der Waals surface area (Å²) >= 11 is 4.80. The van der Waals surface area contributed by atoms with Gasteiger partial charge in [-0.3, -0.25) is 4.79 Å². The van der Waals surface area contributed by atoms with E-state index in [4.69, 9.17) is 4.74 Å². The van der Waals surface area contributed by atoms with Crippen LogP contribution in [0, 0.1) is 20.8 Å². The zero-order valence-electron chi connectivity index (χ0n) is 11.1. The summed E-state index contributed by atoms with van der Waals surface area (Å²) in [5, 5.41) is 1.89. The Morgan fingerprint density at radius 2 is 1.89 bits per heavy atom. The molecule has 2 nitrogen and oxygen atoms in total. The van der Waals surface area contributed by atoms with Gasteiger partial charge in [-0.25, -0.2) is 0 Å². The second kappa shape index (κ2) is 5.88. The lowest BCUT2D eigenvalue weighted by atomic mass is 10.1. The van der Waals surface area contributed by atoms with Crippen LogP contribution in [0.5, 0.6) is 5.75 Å². The van der Waals surface area contributed by atoms with Crippen molar-refractivity contribution in [2.45, 2.75) is 20.8 Å². The Morgan fingerprint density at radius 1 is 1.21 bits per heavy atom. The molecule has 0 bridgehead atoms. The number of rotatable bonds is 4. The summed E-state index contributed by atoms with van der Waals surface area (Å²) in [4.78, 5) is 12.8. The van der Waals surface area contributed by atoms with E-state index in [1.165, 1.54) is 16.9 Å². The van der Waals surface area contributed by atoms with Crippen LogP contribution in [0.2, 0.25) is 0 Å². The van der Waals surface area contributed by atoms with E-state index < -0.39 is 0 Å². The molecule has 1 aromatic heterocycles. The van der Waals surface area contributed by atoms with Crippen LogP contribution in [0.25, 0.3) is 0 Å². The lowest BCUT2D eigenvalue weighted by Crippen LogP contribution is -2.12. The summed E-state index contributed by atoms with van der Waals surface area (Å²) in [6, 6.07) is 5.96. The Morgan fingerprint density at radius 3 is 2.53 bits per heavy atom. The van der Waals surface area contributed by atoms with Crippen LogP contribution < -0.4 is 4.74 Å². The number of hydrogen-bond acceptors (Lipinski definition) is 3. The summed E-state index contributed by atoms with van der Waals surface area (Å²) in [5.41, 5.74) is 3.32. The third kappa shape index (κ3) is 3.07. The third-order valence-electron chi connectivity index (χ3n) is 3.09. The molecule has 0 spiro atoms. The Hall–Kier alpha value is -1.13. The maximum absolute atomic E-state index is 12.1. The Bertz CT molecular complexity index is 617. The van der Waals surface area contributed by atoms with E-state index in [0.717, 1.165) is 21.3 Å². The molecule has 0 fully saturated rings. The first-order valence-electron chi connectivity index (χ1n) is 5.96. The standard InChI is InChI=1S/C15H15BrO2S/c1-9-4-5-10(2)14(11(9)3)18-8-13(17)15-12(16)6-7-19-15/h4-7H,8H2,1-3H3. The molecule has 1 aromatic carbocycles. The van der Waals surface area contributed by atoms with Crippen molar-refractivity contribution in [3.63, 3.8) is 0 Å². The van der Waals surface area contributed by atoms with Crippen LogP contribution in [0.4, 0.5) is 0 Å². The van der Waals surface area contributed by atoms with Gasteiger partial charge in [0.2, 0.25) is 5.78 Å². The van der Waals surface area contributed by atoms with Crippen molar-refractivity contribution in [3.05, 3.63) is 49.6 Å². The van der Waals surface area contributed by atoms with Gasteiger partial charge in [-0.15, -0.1) is 11.3 Å². The lowest BCUT2D eigenvalue weighted by Gasteiger charge is -2.13. The molecular formula is C15H15BrO2S. The fourth-order valence-corrected chi connectivity index (χ4v) is 3.36. The molecule has 0 unspecified atom stereocenters. The van der Waals surface area contributed by atoms with Crippen LogP contribution in [0.3, 0.4) is 0 Å². The van der Waals surface area contributed by atoms with E-state index in [-0.39, 0.29) is 12.4 Å². The molecule has 1 heterocycles. The molecule has 0 radical (unpaired) electrons. The highest BCUT2D eigenvalue weighted by Gasteiger charge is 2.14. The number of carbonyl (C=O) groups excluding carboxylic acids is 1.